The molecule has 0 aromatic heterocycles. The molecule has 3 amide bonds. The second kappa shape index (κ2) is 9.78. The van der Waals surface area contributed by atoms with Crippen LogP contribution in [0.1, 0.15) is 25.3 Å². The van der Waals surface area contributed by atoms with Gasteiger partial charge in [0.2, 0.25) is 5.91 Å². The molecule has 6 heteroatoms. The Balaban J connectivity index is 1.49. The largest absolute Gasteiger partial charge is 0.491 e. The van der Waals surface area contributed by atoms with Crippen molar-refractivity contribution in [3.63, 3.8) is 0 Å². The molecule has 2 aromatic carbocycles. The SMILES string of the molecule is CC(=O)N[C@@H]1CCN(C(=O)Nc2ccccc2OCCCc2ccccc2)C1. The lowest BCUT2D eigenvalue weighted by molar-refractivity contribution is -0.119. The van der Waals surface area contributed by atoms with Gasteiger partial charge in [0.25, 0.3) is 0 Å². The Morgan fingerprint density at radius 3 is 2.64 bits per heavy atom. The van der Waals surface area contributed by atoms with E-state index in [4.69, 9.17) is 4.74 Å². The predicted molar refractivity (Wildman–Crippen MR) is 110 cm³/mol. The molecule has 1 saturated heterocycles. The van der Waals surface area contributed by atoms with Gasteiger partial charge in [0.1, 0.15) is 5.75 Å². The van der Waals surface area contributed by atoms with Crippen molar-refractivity contribution >= 4 is 17.6 Å². The third kappa shape index (κ3) is 5.74. The summed E-state index contributed by atoms with van der Waals surface area (Å²) in [5, 5.41) is 5.80. The molecule has 0 radical (unpaired) electrons. The average molecular weight is 381 g/mol. The highest BCUT2D eigenvalue weighted by atomic mass is 16.5. The summed E-state index contributed by atoms with van der Waals surface area (Å²) < 4.78 is 5.91. The molecular formula is C22H27N3O3. The Bertz CT molecular complexity index is 795. The van der Waals surface area contributed by atoms with E-state index in [0.29, 0.717) is 31.1 Å². The number of urea groups is 1. The lowest BCUT2D eigenvalue weighted by Crippen LogP contribution is -2.38. The molecular weight excluding hydrogens is 354 g/mol. The van der Waals surface area contributed by atoms with Crippen LogP contribution >= 0.6 is 0 Å². The van der Waals surface area contributed by atoms with E-state index < -0.39 is 0 Å². The Kier molecular flexibility index (Phi) is 6.89. The lowest BCUT2D eigenvalue weighted by Gasteiger charge is -2.19. The third-order valence-electron chi connectivity index (χ3n) is 4.72. The van der Waals surface area contributed by atoms with Gasteiger partial charge in [0.05, 0.1) is 12.3 Å². The summed E-state index contributed by atoms with van der Waals surface area (Å²) in [4.78, 5) is 25.5. The summed E-state index contributed by atoms with van der Waals surface area (Å²) in [7, 11) is 0. The van der Waals surface area contributed by atoms with Crippen LogP contribution in [0, 0.1) is 0 Å². The van der Waals surface area contributed by atoms with Crippen LogP contribution in [0.2, 0.25) is 0 Å². The number of carbonyl (C=O) groups is 2. The topological polar surface area (TPSA) is 70.7 Å². The first-order chi connectivity index (χ1) is 13.6. The number of amides is 3. The minimum Gasteiger partial charge on any atom is -0.491 e. The zero-order valence-electron chi connectivity index (χ0n) is 16.2. The molecule has 0 unspecified atom stereocenters. The number of carbonyl (C=O) groups excluding carboxylic acids is 2. The molecule has 2 N–H and O–H groups in total. The monoisotopic (exact) mass is 381 g/mol. The van der Waals surface area contributed by atoms with Crippen molar-refractivity contribution in [2.45, 2.75) is 32.2 Å². The zero-order valence-corrected chi connectivity index (χ0v) is 16.2. The van der Waals surface area contributed by atoms with E-state index in [1.165, 1.54) is 12.5 Å². The number of hydrogen-bond donors (Lipinski definition) is 2. The van der Waals surface area contributed by atoms with Crippen molar-refractivity contribution in [3.05, 3.63) is 60.2 Å². The minimum absolute atomic E-state index is 0.0210. The molecule has 3 rings (SSSR count). The highest BCUT2D eigenvalue weighted by molar-refractivity contribution is 5.91. The van der Waals surface area contributed by atoms with E-state index in [0.717, 1.165) is 19.3 Å². The number of hydrogen-bond acceptors (Lipinski definition) is 3. The quantitative estimate of drug-likeness (QED) is 0.722. The van der Waals surface area contributed by atoms with Gasteiger partial charge in [-0.25, -0.2) is 4.79 Å². The first-order valence-corrected chi connectivity index (χ1v) is 9.70. The van der Waals surface area contributed by atoms with Gasteiger partial charge in [-0.15, -0.1) is 0 Å². The lowest BCUT2D eigenvalue weighted by atomic mass is 10.1. The molecule has 2 aromatic rings. The molecule has 0 bridgehead atoms. The molecule has 1 aliphatic heterocycles. The van der Waals surface area contributed by atoms with Crippen LogP contribution in [0.5, 0.6) is 5.75 Å². The van der Waals surface area contributed by atoms with Gasteiger partial charge in [-0.05, 0) is 37.0 Å². The van der Waals surface area contributed by atoms with E-state index in [-0.39, 0.29) is 18.0 Å². The Labute approximate surface area is 165 Å². The zero-order chi connectivity index (χ0) is 19.8. The molecule has 0 saturated carbocycles. The van der Waals surface area contributed by atoms with Crippen LogP contribution in [-0.4, -0.2) is 42.6 Å². The Hall–Kier alpha value is -3.02. The number of rotatable bonds is 7. The molecule has 1 aliphatic rings. The van der Waals surface area contributed by atoms with Crippen LogP contribution in [0.4, 0.5) is 10.5 Å². The number of nitrogens with one attached hydrogen (secondary N) is 2. The number of ether oxygens (including phenoxy) is 1. The van der Waals surface area contributed by atoms with E-state index in [1.54, 1.807) is 4.90 Å². The maximum Gasteiger partial charge on any atom is 0.322 e. The highest BCUT2D eigenvalue weighted by Gasteiger charge is 2.27. The van der Waals surface area contributed by atoms with Crippen molar-refractivity contribution in [3.8, 4) is 5.75 Å². The molecule has 1 heterocycles. The van der Waals surface area contributed by atoms with Crippen molar-refractivity contribution in [2.24, 2.45) is 0 Å². The molecule has 28 heavy (non-hydrogen) atoms. The molecule has 1 atom stereocenters. The van der Waals surface area contributed by atoms with Crippen molar-refractivity contribution < 1.29 is 14.3 Å². The van der Waals surface area contributed by atoms with Gasteiger partial charge >= 0.3 is 6.03 Å². The van der Waals surface area contributed by atoms with E-state index >= 15 is 0 Å². The number of likely N-dealkylation sites (tertiary alicyclic amines) is 1. The maximum atomic E-state index is 12.6. The number of para-hydroxylation sites is 2. The normalized spacial score (nSPS) is 15.9. The Morgan fingerprint density at radius 1 is 1.11 bits per heavy atom. The van der Waals surface area contributed by atoms with Gasteiger partial charge in [-0.2, -0.15) is 0 Å². The van der Waals surface area contributed by atoms with E-state index in [1.807, 2.05) is 42.5 Å². The second-order valence-electron chi connectivity index (χ2n) is 7.00. The first-order valence-electron chi connectivity index (χ1n) is 9.70. The minimum atomic E-state index is -0.173. The smallest absolute Gasteiger partial charge is 0.322 e. The van der Waals surface area contributed by atoms with Gasteiger partial charge in [0, 0.05) is 26.1 Å². The van der Waals surface area contributed by atoms with E-state index in [2.05, 4.69) is 22.8 Å². The number of benzene rings is 2. The standard InChI is InChI=1S/C22H27N3O3/c1-17(26)23-19-13-14-25(16-19)22(27)24-20-11-5-6-12-21(20)28-15-7-10-18-8-3-2-4-9-18/h2-6,8-9,11-12,19H,7,10,13-16H2,1H3,(H,23,26)(H,24,27)/t19-/m1/s1. The summed E-state index contributed by atoms with van der Waals surface area (Å²) in [6, 6.07) is 17.6. The van der Waals surface area contributed by atoms with Crippen LogP contribution in [0.15, 0.2) is 54.6 Å². The number of anilines is 1. The highest BCUT2D eigenvalue weighted by Crippen LogP contribution is 2.25. The summed E-state index contributed by atoms with van der Waals surface area (Å²) in [6.07, 6.45) is 2.62. The van der Waals surface area contributed by atoms with Gasteiger partial charge in [0.15, 0.2) is 0 Å². The number of nitrogens with zero attached hydrogens (tertiary/aromatic N) is 1. The van der Waals surface area contributed by atoms with Crippen molar-refractivity contribution in [1.82, 2.24) is 10.2 Å². The van der Waals surface area contributed by atoms with Crippen molar-refractivity contribution in [2.75, 3.05) is 25.0 Å². The van der Waals surface area contributed by atoms with Crippen LogP contribution in [-0.2, 0) is 11.2 Å². The molecule has 0 spiro atoms. The van der Waals surface area contributed by atoms with Crippen LogP contribution in [0.3, 0.4) is 0 Å². The summed E-state index contributed by atoms with van der Waals surface area (Å²) in [5.74, 6) is 0.600. The molecule has 148 valence electrons. The van der Waals surface area contributed by atoms with Gasteiger partial charge in [-0.1, -0.05) is 42.5 Å². The predicted octanol–water partition coefficient (Wildman–Crippen LogP) is 3.44. The second-order valence-corrected chi connectivity index (χ2v) is 7.00. The summed E-state index contributed by atoms with van der Waals surface area (Å²) in [6.45, 7) is 3.21. The molecule has 0 aliphatic carbocycles. The Morgan fingerprint density at radius 2 is 1.86 bits per heavy atom. The maximum absolute atomic E-state index is 12.6. The fourth-order valence-corrected chi connectivity index (χ4v) is 3.34. The van der Waals surface area contributed by atoms with Gasteiger partial charge < -0.3 is 20.3 Å². The third-order valence-corrected chi connectivity index (χ3v) is 4.72. The molecule has 6 nitrogen and oxygen atoms in total. The fourth-order valence-electron chi connectivity index (χ4n) is 3.34. The van der Waals surface area contributed by atoms with E-state index in [9.17, 15) is 9.59 Å². The van der Waals surface area contributed by atoms with Crippen LogP contribution < -0.4 is 15.4 Å². The van der Waals surface area contributed by atoms with Crippen molar-refractivity contribution in [1.29, 1.82) is 0 Å². The van der Waals surface area contributed by atoms with Crippen LogP contribution in [0.25, 0.3) is 0 Å². The number of aryl methyl sites for hydroxylation is 1. The summed E-state index contributed by atoms with van der Waals surface area (Å²) >= 11 is 0. The fraction of sp³-hybridized carbons (Fsp3) is 0.364. The van der Waals surface area contributed by atoms with Gasteiger partial charge in [-0.3, -0.25) is 4.79 Å². The summed E-state index contributed by atoms with van der Waals surface area (Å²) in [5.41, 5.74) is 1.95. The molecule has 1 fully saturated rings. The first kappa shape index (κ1) is 19.7. The average Bonchev–Trinajstić information content (AvgIpc) is 3.15.